The molecule has 2 heteroatoms. The SMILES string of the molecule is CCCc1ccc(C(COCCCC(C)C)NCC)cc1. The van der Waals surface area contributed by atoms with Gasteiger partial charge in [-0.2, -0.15) is 0 Å². The Morgan fingerprint density at radius 2 is 1.81 bits per heavy atom. The van der Waals surface area contributed by atoms with Crippen molar-refractivity contribution in [3.8, 4) is 0 Å². The maximum atomic E-state index is 5.87. The lowest BCUT2D eigenvalue weighted by Gasteiger charge is -2.19. The third-order valence-electron chi connectivity index (χ3n) is 3.73. The van der Waals surface area contributed by atoms with Crippen LogP contribution in [0.1, 0.15) is 64.1 Å². The Labute approximate surface area is 131 Å². The monoisotopic (exact) mass is 291 g/mol. The minimum atomic E-state index is 0.310. The molecule has 0 aromatic heterocycles. The highest BCUT2D eigenvalue weighted by Crippen LogP contribution is 2.16. The fraction of sp³-hybridized carbons (Fsp3) is 0.684. The number of aryl methyl sites for hydroxylation is 1. The van der Waals surface area contributed by atoms with Gasteiger partial charge in [0.2, 0.25) is 0 Å². The van der Waals surface area contributed by atoms with Gasteiger partial charge in [-0.15, -0.1) is 0 Å². The molecule has 0 aliphatic carbocycles. The molecule has 0 fully saturated rings. The molecule has 1 unspecified atom stereocenters. The van der Waals surface area contributed by atoms with Crippen LogP contribution in [-0.4, -0.2) is 19.8 Å². The first kappa shape index (κ1) is 18.2. The summed E-state index contributed by atoms with van der Waals surface area (Å²) in [6.45, 7) is 11.5. The molecule has 0 aliphatic heterocycles. The van der Waals surface area contributed by atoms with Crippen LogP contribution in [0.2, 0.25) is 0 Å². The summed E-state index contributed by atoms with van der Waals surface area (Å²) in [5.74, 6) is 0.768. The molecule has 120 valence electrons. The molecule has 0 radical (unpaired) electrons. The summed E-state index contributed by atoms with van der Waals surface area (Å²) in [7, 11) is 0. The van der Waals surface area contributed by atoms with Crippen molar-refractivity contribution in [1.29, 1.82) is 0 Å². The van der Waals surface area contributed by atoms with Crippen LogP contribution < -0.4 is 5.32 Å². The van der Waals surface area contributed by atoms with Crippen LogP contribution in [0.5, 0.6) is 0 Å². The summed E-state index contributed by atoms with van der Waals surface area (Å²) in [4.78, 5) is 0. The van der Waals surface area contributed by atoms with Crippen molar-refractivity contribution in [3.05, 3.63) is 35.4 Å². The first-order valence-electron chi connectivity index (χ1n) is 8.57. The van der Waals surface area contributed by atoms with E-state index in [0.717, 1.165) is 38.5 Å². The minimum Gasteiger partial charge on any atom is -0.379 e. The van der Waals surface area contributed by atoms with Crippen LogP contribution in [0.15, 0.2) is 24.3 Å². The van der Waals surface area contributed by atoms with Crippen molar-refractivity contribution < 1.29 is 4.74 Å². The quantitative estimate of drug-likeness (QED) is 0.594. The highest BCUT2D eigenvalue weighted by atomic mass is 16.5. The van der Waals surface area contributed by atoms with E-state index in [1.807, 2.05) is 0 Å². The van der Waals surface area contributed by atoms with Crippen molar-refractivity contribution in [2.75, 3.05) is 19.8 Å². The van der Waals surface area contributed by atoms with Crippen molar-refractivity contribution in [3.63, 3.8) is 0 Å². The predicted molar refractivity (Wildman–Crippen MR) is 91.7 cm³/mol. The fourth-order valence-electron chi connectivity index (χ4n) is 2.52. The van der Waals surface area contributed by atoms with E-state index in [4.69, 9.17) is 4.74 Å². The Kier molecular flexibility index (Phi) is 9.36. The molecule has 0 bridgehead atoms. The Balaban J connectivity index is 2.44. The van der Waals surface area contributed by atoms with Crippen LogP contribution in [-0.2, 0) is 11.2 Å². The second kappa shape index (κ2) is 10.8. The summed E-state index contributed by atoms with van der Waals surface area (Å²) in [5, 5.41) is 3.53. The van der Waals surface area contributed by atoms with E-state index in [2.05, 4.69) is 57.3 Å². The molecule has 1 atom stereocenters. The van der Waals surface area contributed by atoms with Crippen LogP contribution in [0, 0.1) is 5.92 Å². The summed E-state index contributed by atoms with van der Waals surface area (Å²) in [5.41, 5.74) is 2.76. The van der Waals surface area contributed by atoms with Crippen LogP contribution in [0.3, 0.4) is 0 Å². The largest absolute Gasteiger partial charge is 0.379 e. The molecule has 1 aromatic carbocycles. The second-order valence-electron chi connectivity index (χ2n) is 6.21. The zero-order valence-corrected chi connectivity index (χ0v) is 14.3. The summed E-state index contributed by atoms with van der Waals surface area (Å²) in [6.07, 6.45) is 4.77. The molecule has 2 nitrogen and oxygen atoms in total. The summed E-state index contributed by atoms with van der Waals surface area (Å²) in [6, 6.07) is 9.31. The van der Waals surface area contributed by atoms with Gasteiger partial charge in [0.25, 0.3) is 0 Å². The molecule has 1 aromatic rings. The van der Waals surface area contributed by atoms with Gasteiger partial charge in [-0.1, -0.05) is 58.4 Å². The Morgan fingerprint density at radius 1 is 1.10 bits per heavy atom. The Bertz CT molecular complexity index is 358. The predicted octanol–water partition coefficient (Wildman–Crippen LogP) is 4.74. The average molecular weight is 291 g/mol. The summed E-state index contributed by atoms with van der Waals surface area (Å²) < 4.78 is 5.87. The van der Waals surface area contributed by atoms with E-state index < -0.39 is 0 Å². The van der Waals surface area contributed by atoms with Crippen LogP contribution in [0.25, 0.3) is 0 Å². The standard InChI is InChI=1S/C19H33NO/c1-5-8-17-10-12-18(13-11-17)19(20-6-2)15-21-14-7-9-16(3)4/h10-13,16,19-20H,5-9,14-15H2,1-4H3. The molecule has 0 amide bonds. The third-order valence-corrected chi connectivity index (χ3v) is 3.73. The van der Waals surface area contributed by atoms with Gasteiger partial charge in [-0.25, -0.2) is 0 Å². The van der Waals surface area contributed by atoms with Gasteiger partial charge in [0.05, 0.1) is 12.6 Å². The number of benzene rings is 1. The number of rotatable bonds is 11. The normalized spacial score (nSPS) is 12.8. The van der Waals surface area contributed by atoms with Gasteiger partial charge >= 0.3 is 0 Å². The number of nitrogens with one attached hydrogen (secondary N) is 1. The smallest absolute Gasteiger partial charge is 0.0661 e. The second-order valence-corrected chi connectivity index (χ2v) is 6.21. The molecule has 0 heterocycles. The molecule has 0 saturated carbocycles. The van der Waals surface area contributed by atoms with Crippen LogP contribution >= 0.6 is 0 Å². The van der Waals surface area contributed by atoms with Crippen LogP contribution in [0.4, 0.5) is 0 Å². The lowest BCUT2D eigenvalue weighted by atomic mass is 10.0. The number of ether oxygens (including phenoxy) is 1. The van der Waals surface area contributed by atoms with E-state index in [0.29, 0.717) is 6.04 Å². The van der Waals surface area contributed by atoms with Gasteiger partial charge in [-0.3, -0.25) is 0 Å². The number of hydrogen-bond acceptors (Lipinski definition) is 2. The minimum absolute atomic E-state index is 0.310. The first-order valence-corrected chi connectivity index (χ1v) is 8.57. The fourth-order valence-corrected chi connectivity index (χ4v) is 2.52. The van der Waals surface area contributed by atoms with E-state index in [1.165, 1.54) is 24.0 Å². The molecular formula is C19H33NO. The lowest BCUT2D eigenvalue weighted by molar-refractivity contribution is 0.106. The maximum Gasteiger partial charge on any atom is 0.0661 e. The zero-order chi connectivity index (χ0) is 15.5. The molecule has 0 spiro atoms. The highest BCUT2D eigenvalue weighted by molar-refractivity contribution is 5.25. The van der Waals surface area contributed by atoms with Gasteiger partial charge in [0, 0.05) is 6.61 Å². The molecule has 0 saturated heterocycles. The van der Waals surface area contributed by atoms with Gasteiger partial charge in [-0.05, 0) is 42.9 Å². The van der Waals surface area contributed by atoms with Crippen molar-refractivity contribution >= 4 is 0 Å². The summed E-state index contributed by atoms with van der Waals surface area (Å²) >= 11 is 0. The highest BCUT2D eigenvalue weighted by Gasteiger charge is 2.10. The molecule has 0 aliphatic rings. The van der Waals surface area contributed by atoms with Gasteiger partial charge in [0.15, 0.2) is 0 Å². The van der Waals surface area contributed by atoms with E-state index in [9.17, 15) is 0 Å². The van der Waals surface area contributed by atoms with Crippen molar-refractivity contribution in [2.24, 2.45) is 5.92 Å². The zero-order valence-electron chi connectivity index (χ0n) is 14.3. The number of likely N-dealkylation sites (N-methyl/N-ethyl adjacent to an activating group) is 1. The topological polar surface area (TPSA) is 21.3 Å². The Hall–Kier alpha value is -0.860. The molecular weight excluding hydrogens is 258 g/mol. The number of hydrogen-bond donors (Lipinski definition) is 1. The molecule has 1 N–H and O–H groups in total. The van der Waals surface area contributed by atoms with Gasteiger partial charge < -0.3 is 10.1 Å². The van der Waals surface area contributed by atoms with E-state index >= 15 is 0 Å². The van der Waals surface area contributed by atoms with Crippen molar-refractivity contribution in [1.82, 2.24) is 5.32 Å². The third kappa shape index (κ3) is 7.63. The Morgan fingerprint density at radius 3 is 2.38 bits per heavy atom. The van der Waals surface area contributed by atoms with E-state index in [1.54, 1.807) is 0 Å². The van der Waals surface area contributed by atoms with E-state index in [-0.39, 0.29) is 0 Å². The maximum absolute atomic E-state index is 5.87. The average Bonchev–Trinajstić information content (AvgIpc) is 2.47. The van der Waals surface area contributed by atoms with Crippen molar-refractivity contribution in [2.45, 2.75) is 59.4 Å². The first-order chi connectivity index (χ1) is 10.2. The molecule has 21 heavy (non-hydrogen) atoms. The molecule has 1 rings (SSSR count). The van der Waals surface area contributed by atoms with Gasteiger partial charge in [0.1, 0.15) is 0 Å². The lowest BCUT2D eigenvalue weighted by Crippen LogP contribution is -2.25.